The normalized spacial score (nSPS) is 14.7. The van der Waals surface area contributed by atoms with Crippen molar-refractivity contribution in [3.8, 4) is 17.1 Å². The molecule has 11 nitrogen and oxygen atoms in total. The first-order valence-corrected chi connectivity index (χ1v) is 10.5. The summed E-state index contributed by atoms with van der Waals surface area (Å²) in [7, 11) is 1.33. The summed E-state index contributed by atoms with van der Waals surface area (Å²) in [6.45, 7) is 0.0291. The molecule has 0 radical (unpaired) electrons. The number of hydrogen-bond donors (Lipinski definition) is 2. The highest BCUT2D eigenvalue weighted by atomic mass is 19.1. The van der Waals surface area contributed by atoms with Gasteiger partial charge in [-0.15, -0.1) is 9.67 Å². The number of ether oxygens (including phenoxy) is 1. The second-order valence-electron chi connectivity index (χ2n) is 8.10. The Balaban J connectivity index is 1.55. The van der Waals surface area contributed by atoms with E-state index in [4.69, 9.17) is 10.5 Å². The summed E-state index contributed by atoms with van der Waals surface area (Å²) in [6, 6.07) is 7.58. The van der Waals surface area contributed by atoms with Gasteiger partial charge in [-0.1, -0.05) is 5.21 Å². The van der Waals surface area contributed by atoms with E-state index >= 15 is 0 Å². The Labute approximate surface area is 192 Å². The zero-order valence-corrected chi connectivity index (χ0v) is 18.1. The Bertz CT molecular complexity index is 1430. The number of aliphatic hydroxyl groups is 1. The molecule has 0 spiro atoms. The van der Waals surface area contributed by atoms with E-state index in [-0.39, 0.29) is 29.5 Å². The molecule has 3 heterocycles. The molecule has 1 aliphatic carbocycles. The Morgan fingerprint density at radius 3 is 2.79 bits per heavy atom. The van der Waals surface area contributed by atoms with Gasteiger partial charge < -0.3 is 25.5 Å². The molecule has 0 unspecified atom stereocenters. The van der Waals surface area contributed by atoms with Gasteiger partial charge in [0.1, 0.15) is 29.1 Å². The average Bonchev–Trinajstić information content (AvgIpc) is 3.24. The molecule has 0 saturated heterocycles. The molecule has 5 rings (SSSR count). The van der Waals surface area contributed by atoms with Crippen LogP contribution in [-0.2, 0) is 12.1 Å². The molecule has 4 aromatic rings. The van der Waals surface area contributed by atoms with Crippen molar-refractivity contribution in [2.45, 2.75) is 31.4 Å². The molecular weight excluding hydrogens is 445 g/mol. The molecule has 1 fully saturated rings. The Kier molecular flexibility index (Phi) is 5.09. The first-order chi connectivity index (χ1) is 16.3. The number of aromatic nitrogens is 6. The number of nitrogens with two attached hydrogens (primary N) is 1. The predicted octanol–water partition coefficient (Wildman–Crippen LogP) is 0.517. The Hall–Kier alpha value is -4.19. The van der Waals surface area contributed by atoms with Crippen molar-refractivity contribution in [2.24, 2.45) is 0 Å². The lowest BCUT2D eigenvalue weighted by Gasteiger charge is -2.34. The maximum Gasteiger partial charge on any atom is 0.343 e. The van der Waals surface area contributed by atoms with Gasteiger partial charge in [-0.25, -0.2) is 19.0 Å². The van der Waals surface area contributed by atoms with Crippen LogP contribution in [0.25, 0.3) is 22.3 Å². The van der Waals surface area contributed by atoms with E-state index in [1.165, 1.54) is 23.9 Å². The van der Waals surface area contributed by atoms with Crippen LogP contribution in [0.2, 0.25) is 0 Å². The molecule has 12 heteroatoms. The fourth-order valence-electron chi connectivity index (χ4n) is 4.23. The van der Waals surface area contributed by atoms with Gasteiger partial charge in [-0.3, -0.25) is 0 Å². The maximum atomic E-state index is 14.2. The average molecular weight is 465 g/mol. The first kappa shape index (κ1) is 21.6. The van der Waals surface area contributed by atoms with Crippen molar-refractivity contribution < 1.29 is 28.7 Å². The van der Waals surface area contributed by atoms with Crippen LogP contribution in [0.15, 0.2) is 36.5 Å². The van der Waals surface area contributed by atoms with Gasteiger partial charge in [0.05, 0.1) is 13.3 Å². The van der Waals surface area contributed by atoms with Crippen molar-refractivity contribution in [1.29, 1.82) is 0 Å². The molecule has 3 aromatic heterocycles. The smallest absolute Gasteiger partial charge is 0.343 e. The van der Waals surface area contributed by atoms with Crippen molar-refractivity contribution in [1.82, 2.24) is 25.0 Å². The fraction of sp³-hybridized carbons (Fsp3) is 0.273. The number of fused-ring (bicyclic) bond motifs is 1. The van der Waals surface area contributed by atoms with Crippen molar-refractivity contribution in [2.75, 3.05) is 12.8 Å². The molecule has 174 valence electrons. The van der Waals surface area contributed by atoms with Gasteiger partial charge in [0.2, 0.25) is 17.3 Å². The highest BCUT2D eigenvalue weighted by molar-refractivity contribution is 5.95. The van der Waals surface area contributed by atoms with E-state index in [0.29, 0.717) is 35.3 Å². The summed E-state index contributed by atoms with van der Waals surface area (Å²) < 4.78 is 21.7. The van der Waals surface area contributed by atoms with Gasteiger partial charge >= 0.3 is 6.09 Å². The van der Waals surface area contributed by atoms with E-state index < -0.39 is 17.5 Å². The third kappa shape index (κ3) is 3.48. The highest BCUT2D eigenvalue weighted by Gasteiger charge is 2.44. The van der Waals surface area contributed by atoms with Gasteiger partial charge in [0, 0.05) is 17.5 Å². The fourth-order valence-corrected chi connectivity index (χ4v) is 4.23. The molecule has 0 atom stereocenters. The second kappa shape index (κ2) is 7.99. The molecule has 0 amide bonds. The van der Waals surface area contributed by atoms with Crippen LogP contribution in [0.3, 0.4) is 0 Å². The number of pyridine rings is 1. The van der Waals surface area contributed by atoms with E-state index in [1.54, 1.807) is 24.4 Å². The van der Waals surface area contributed by atoms with Gasteiger partial charge in [-0.05, 0) is 37.5 Å². The van der Waals surface area contributed by atoms with E-state index in [2.05, 4.69) is 20.3 Å². The monoisotopic (exact) mass is 465 g/mol. The number of carbonyl (C=O) groups excluding carboxylic acids is 1. The molecule has 1 saturated carbocycles. The van der Waals surface area contributed by atoms with Gasteiger partial charge in [-0.2, -0.15) is 0 Å². The van der Waals surface area contributed by atoms with Crippen LogP contribution in [0.4, 0.5) is 15.1 Å². The number of carboxylic acid groups (broad SMARTS) is 1. The zero-order valence-electron chi connectivity index (χ0n) is 18.1. The van der Waals surface area contributed by atoms with Crippen LogP contribution in [-0.4, -0.2) is 43.3 Å². The standard InChI is InChI=1S/C22H20FN7O4/c1-34-19-14(23)7-6-13-17(25-20(24)26-18(13)19)15-11-29(28-27-15)10-12-4-2-5-16(30(12)21(31)32)22(33)8-3-9-22/h2,4-7,11,33H,3,8-10H2,1H3,(H2-,24,25,26,31,32). The van der Waals surface area contributed by atoms with Gasteiger partial charge in [0.15, 0.2) is 11.6 Å². The first-order valence-electron chi connectivity index (χ1n) is 10.5. The maximum absolute atomic E-state index is 14.2. The quantitative estimate of drug-likeness (QED) is 0.401. The minimum absolute atomic E-state index is 0.0291. The third-order valence-electron chi connectivity index (χ3n) is 6.01. The van der Waals surface area contributed by atoms with Gasteiger partial charge in [0.25, 0.3) is 0 Å². The van der Waals surface area contributed by atoms with Crippen LogP contribution >= 0.6 is 0 Å². The number of carbonyl (C=O) groups is 1. The van der Waals surface area contributed by atoms with E-state index in [0.717, 1.165) is 11.0 Å². The molecule has 34 heavy (non-hydrogen) atoms. The number of rotatable bonds is 5. The minimum Gasteiger partial charge on any atom is -0.491 e. The minimum atomic E-state index is -1.45. The number of hydrogen-bond acceptors (Lipinski definition) is 9. The summed E-state index contributed by atoms with van der Waals surface area (Å²) in [5, 5.41) is 31.3. The summed E-state index contributed by atoms with van der Waals surface area (Å²) >= 11 is 0. The second-order valence-corrected chi connectivity index (χ2v) is 8.10. The topological polar surface area (TPSA) is 156 Å². The molecule has 3 N–H and O–H groups in total. The number of methoxy groups -OCH3 is 1. The van der Waals surface area contributed by atoms with Crippen LogP contribution < -0.4 is 20.1 Å². The van der Waals surface area contributed by atoms with Crippen molar-refractivity contribution >= 4 is 22.9 Å². The SMILES string of the molecule is COc1c(F)ccc2c(-c3cn(Cc4cccc(C5(O)CCC5)[n+]4C(=O)[O-])nn3)nc(N)nc12. The molecule has 1 aromatic carbocycles. The lowest BCUT2D eigenvalue weighted by molar-refractivity contribution is -0.653. The highest BCUT2D eigenvalue weighted by Crippen LogP contribution is 2.39. The van der Waals surface area contributed by atoms with E-state index in [1.807, 2.05) is 0 Å². The molecule has 0 aliphatic heterocycles. The zero-order chi connectivity index (χ0) is 24.0. The Morgan fingerprint density at radius 2 is 2.12 bits per heavy atom. The van der Waals surface area contributed by atoms with Crippen LogP contribution in [0.1, 0.15) is 30.7 Å². The van der Waals surface area contributed by atoms with Crippen molar-refractivity contribution in [3.63, 3.8) is 0 Å². The Morgan fingerprint density at radius 1 is 1.32 bits per heavy atom. The lowest BCUT2D eigenvalue weighted by atomic mass is 9.77. The number of anilines is 1. The third-order valence-corrected chi connectivity index (χ3v) is 6.01. The molecule has 1 aliphatic rings. The number of benzene rings is 1. The van der Waals surface area contributed by atoms with Crippen LogP contribution in [0, 0.1) is 5.82 Å². The van der Waals surface area contributed by atoms with Crippen LogP contribution in [0.5, 0.6) is 5.75 Å². The summed E-state index contributed by atoms with van der Waals surface area (Å²) in [4.78, 5) is 20.3. The number of nitrogens with zero attached hydrogens (tertiary/aromatic N) is 6. The van der Waals surface area contributed by atoms with Crippen molar-refractivity contribution in [3.05, 3.63) is 53.7 Å². The number of halogens is 1. The predicted molar refractivity (Wildman–Crippen MR) is 114 cm³/mol. The largest absolute Gasteiger partial charge is 0.491 e. The molecular formula is C22H20FN7O4. The molecule has 0 bridgehead atoms. The summed E-state index contributed by atoms with van der Waals surface area (Å²) in [5.74, 6) is -0.763. The number of nitrogen functional groups attached to an aromatic ring is 1. The summed E-state index contributed by atoms with van der Waals surface area (Å²) in [5.41, 5.74) is 6.07. The lowest BCUT2D eigenvalue weighted by Crippen LogP contribution is -2.61. The van der Waals surface area contributed by atoms with E-state index in [9.17, 15) is 19.4 Å². The summed E-state index contributed by atoms with van der Waals surface area (Å²) in [6.07, 6.45) is 1.87.